The number of nitrogens with one attached hydrogen (secondary N) is 1. The van der Waals surface area contributed by atoms with Crippen LogP contribution in [0.2, 0.25) is 10.0 Å². The smallest absolute Gasteiger partial charge is 0.244 e. The largest absolute Gasteiger partial charge is 0.494 e. The van der Waals surface area contributed by atoms with Crippen molar-refractivity contribution in [2.45, 2.75) is 32.9 Å². The number of likely N-dealkylation sites (N-methyl/N-ethyl adjacent to an activating group) is 1. The van der Waals surface area contributed by atoms with Crippen LogP contribution in [0.15, 0.2) is 42.5 Å². The zero-order valence-corrected chi connectivity index (χ0v) is 21.9. The monoisotopic (exact) mass is 529 g/mol. The maximum atomic E-state index is 13.5. The number of amides is 2. The van der Waals surface area contributed by atoms with Gasteiger partial charge in [-0.1, -0.05) is 36.2 Å². The minimum atomic E-state index is -3.82. The normalized spacial score (nSPS) is 12.1. The Morgan fingerprint density at radius 2 is 1.74 bits per heavy atom. The second-order valence-electron chi connectivity index (χ2n) is 7.49. The van der Waals surface area contributed by atoms with Crippen molar-refractivity contribution in [3.63, 3.8) is 0 Å². The summed E-state index contributed by atoms with van der Waals surface area (Å²) in [7, 11) is -2.34. The lowest BCUT2D eigenvalue weighted by molar-refractivity contribution is -0.140. The first kappa shape index (κ1) is 27.8. The number of halogens is 2. The summed E-state index contributed by atoms with van der Waals surface area (Å²) in [4.78, 5) is 27.4. The third-order valence-corrected chi connectivity index (χ3v) is 6.83. The van der Waals surface area contributed by atoms with Crippen molar-refractivity contribution in [2.24, 2.45) is 0 Å². The van der Waals surface area contributed by atoms with Crippen molar-refractivity contribution < 1.29 is 22.7 Å². The van der Waals surface area contributed by atoms with Crippen LogP contribution in [-0.2, 0) is 26.2 Å². The molecule has 0 aliphatic rings. The molecule has 0 unspecified atom stereocenters. The Labute approximate surface area is 210 Å². The van der Waals surface area contributed by atoms with Crippen LogP contribution >= 0.6 is 23.2 Å². The average molecular weight is 530 g/mol. The van der Waals surface area contributed by atoms with Crippen LogP contribution in [0.1, 0.15) is 25.8 Å². The molecule has 0 aliphatic carbocycles. The molecule has 0 saturated heterocycles. The highest BCUT2D eigenvalue weighted by Crippen LogP contribution is 2.25. The molecule has 2 rings (SSSR count). The topological polar surface area (TPSA) is 96.0 Å². The van der Waals surface area contributed by atoms with E-state index in [4.69, 9.17) is 27.9 Å². The summed E-state index contributed by atoms with van der Waals surface area (Å²) in [6.45, 7) is 3.58. The average Bonchev–Trinajstić information content (AvgIpc) is 2.78. The summed E-state index contributed by atoms with van der Waals surface area (Å²) < 4.78 is 31.6. The van der Waals surface area contributed by atoms with Gasteiger partial charge < -0.3 is 15.0 Å². The molecule has 186 valence electrons. The number of anilines is 1. The van der Waals surface area contributed by atoms with Crippen LogP contribution in [0.3, 0.4) is 0 Å². The molecule has 0 aliphatic heterocycles. The highest BCUT2D eigenvalue weighted by molar-refractivity contribution is 7.92. The van der Waals surface area contributed by atoms with E-state index >= 15 is 0 Å². The van der Waals surface area contributed by atoms with E-state index < -0.39 is 28.5 Å². The maximum absolute atomic E-state index is 13.5. The van der Waals surface area contributed by atoms with Crippen LogP contribution in [0.4, 0.5) is 5.69 Å². The minimum Gasteiger partial charge on any atom is -0.494 e. The molecule has 2 aromatic rings. The van der Waals surface area contributed by atoms with Gasteiger partial charge in [-0.3, -0.25) is 13.9 Å². The first-order valence-corrected chi connectivity index (χ1v) is 13.3. The number of ether oxygens (including phenoxy) is 1. The van der Waals surface area contributed by atoms with Crippen LogP contribution in [0.25, 0.3) is 0 Å². The van der Waals surface area contributed by atoms with Gasteiger partial charge in [-0.25, -0.2) is 8.42 Å². The second-order valence-corrected chi connectivity index (χ2v) is 10.2. The van der Waals surface area contributed by atoms with Gasteiger partial charge in [0.1, 0.15) is 18.3 Å². The summed E-state index contributed by atoms with van der Waals surface area (Å²) in [5.74, 6) is -0.343. The van der Waals surface area contributed by atoms with E-state index in [2.05, 4.69) is 5.32 Å². The Balaban J connectivity index is 2.43. The van der Waals surface area contributed by atoms with E-state index in [1.807, 2.05) is 6.92 Å². The Morgan fingerprint density at radius 3 is 2.24 bits per heavy atom. The first-order valence-electron chi connectivity index (χ1n) is 10.7. The number of nitrogens with zero attached hydrogens (tertiary/aromatic N) is 2. The Hall–Kier alpha value is -2.49. The van der Waals surface area contributed by atoms with Crippen molar-refractivity contribution in [1.29, 1.82) is 0 Å². The van der Waals surface area contributed by atoms with Crippen molar-refractivity contribution in [1.82, 2.24) is 10.2 Å². The molecule has 0 bridgehead atoms. The first-order chi connectivity index (χ1) is 16.0. The molecule has 0 radical (unpaired) electrons. The number of sulfonamides is 1. The molecule has 0 saturated carbocycles. The van der Waals surface area contributed by atoms with Gasteiger partial charge in [0.25, 0.3) is 0 Å². The molecular weight excluding hydrogens is 501 g/mol. The fraction of sp³-hybridized carbons (Fsp3) is 0.391. The van der Waals surface area contributed by atoms with E-state index in [0.717, 1.165) is 10.6 Å². The van der Waals surface area contributed by atoms with E-state index in [1.165, 1.54) is 11.9 Å². The number of rotatable bonds is 11. The van der Waals surface area contributed by atoms with Gasteiger partial charge in [0.2, 0.25) is 21.8 Å². The van der Waals surface area contributed by atoms with Crippen molar-refractivity contribution in [3.05, 3.63) is 58.1 Å². The number of carbonyl (C=O) groups excluding carboxylic acids is 2. The van der Waals surface area contributed by atoms with E-state index in [0.29, 0.717) is 40.1 Å². The van der Waals surface area contributed by atoms with Crippen LogP contribution in [-0.4, -0.2) is 57.6 Å². The summed E-state index contributed by atoms with van der Waals surface area (Å²) in [6.07, 6.45) is 1.34. The fourth-order valence-electron chi connectivity index (χ4n) is 3.41. The highest BCUT2D eigenvalue weighted by Gasteiger charge is 2.31. The standard InChI is InChI=1S/C23H29Cl2N3O5S/c1-5-21(23(30)26-3)27(14-16-7-8-17(24)13-20(16)25)22(29)15-28(34(4,31)32)18-9-11-19(12-10-18)33-6-2/h7-13,21H,5-6,14-15H2,1-4H3,(H,26,30)/t21-/m0/s1. The molecule has 2 amide bonds. The van der Waals surface area contributed by atoms with Gasteiger partial charge in [-0.2, -0.15) is 0 Å². The molecule has 11 heteroatoms. The zero-order chi connectivity index (χ0) is 25.5. The third-order valence-electron chi connectivity index (χ3n) is 5.10. The molecule has 0 fully saturated rings. The summed E-state index contributed by atoms with van der Waals surface area (Å²) >= 11 is 12.3. The molecule has 8 nitrogen and oxygen atoms in total. The van der Waals surface area contributed by atoms with Crippen LogP contribution in [0, 0.1) is 0 Å². The quantitative estimate of drug-likeness (QED) is 0.478. The predicted molar refractivity (Wildman–Crippen MR) is 135 cm³/mol. The zero-order valence-electron chi connectivity index (χ0n) is 19.5. The molecule has 34 heavy (non-hydrogen) atoms. The lowest BCUT2D eigenvalue weighted by atomic mass is 10.1. The molecule has 2 aromatic carbocycles. The maximum Gasteiger partial charge on any atom is 0.244 e. The summed E-state index contributed by atoms with van der Waals surface area (Å²) in [5, 5.41) is 3.33. The number of benzene rings is 2. The number of hydrogen-bond donors (Lipinski definition) is 1. The van der Waals surface area contributed by atoms with Crippen LogP contribution < -0.4 is 14.4 Å². The number of hydrogen-bond acceptors (Lipinski definition) is 5. The van der Waals surface area contributed by atoms with Gasteiger partial charge in [-0.05, 0) is 55.3 Å². The lowest BCUT2D eigenvalue weighted by Gasteiger charge is -2.32. The number of carbonyl (C=O) groups is 2. The summed E-state index contributed by atoms with van der Waals surface area (Å²) in [6, 6.07) is 10.4. The van der Waals surface area contributed by atoms with E-state index in [9.17, 15) is 18.0 Å². The van der Waals surface area contributed by atoms with Gasteiger partial charge in [0.15, 0.2) is 0 Å². The minimum absolute atomic E-state index is 0.00163. The van der Waals surface area contributed by atoms with Crippen molar-refractivity contribution in [2.75, 3.05) is 30.8 Å². The van der Waals surface area contributed by atoms with Gasteiger partial charge >= 0.3 is 0 Å². The van der Waals surface area contributed by atoms with Gasteiger partial charge in [0.05, 0.1) is 18.6 Å². The third kappa shape index (κ3) is 7.25. The van der Waals surface area contributed by atoms with E-state index in [-0.39, 0.29) is 12.5 Å². The Kier molecular flexibility index (Phi) is 10.0. The van der Waals surface area contributed by atoms with E-state index in [1.54, 1.807) is 49.4 Å². The molecule has 0 aromatic heterocycles. The van der Waals surface area contributed by atoms with Crippen LogP contribution in [0.5, 0.6) is 5.75 Å². The highest BCUT2D eigenvalue weighted by atomic mass is 35.5. The van der Waals surface area contributed by atoms with Gasteiger partial charge in [-0.15, -0.1) is 0 Å². The van der Waals surface area contributed by atoms with Gasteiger partial charge in [0, 0.05) is 23.6 Å². The Morgan fingerprint density at radius 1 is 1.09 bits per heavy atom. The lowest BCUT2D eigenvalue weighted by Crippen LogP contribution is -2.51. The Bertz CT molecular complexity index is 1110. The molecule has 1 atom stereocenters. The van der Waals surface area contributed by atoms with Crippen molar-refractivity contribution in [3.8, 4) is 5.75 Å². The fourth-order valence-corrected chi connectivity index (χ4v) is 4.73. The SMILES string of the molecule is CCOc1ccc(N(CC(=O)N(Cc2ccc(Cl)cc2Cl)[C@@H](CC)C(=O)NC)S(C)(=O)=O)cc1. The second kappa shape index (κ2) is 12.3. The summed E-state index contributed by atoms with van der Waals surface area (Å²) in [5.41, 5.74) is 0.880. The predicted octanol–water partition coefficient (Wildman–Crippen LogP) is 3.71. The molecule has 0 heterocycles. The van der Waals surface area contributed by atoms with Crippen molar-refractivity contribution >= 4 is 50.7 Å². The molecule has 1 N–H and O–H groups in total. The molecular formula is C23H29Cl2N3O5S. The molecule has 0 spiro atoms.